The van der Waals surface area contributed by atoms with Crippen molar-refractivity contribution in [2.24, 2.45) is 5.73 Å². The molecular weight excluding hydrogens is 170 g/mol. The van der Waals surface area contributed by atoms with Gasteiger partial charge < -0.3 is 16.0 Å². The molecule has 2 atom stereocenters. The van der Waals surface area contributed by atoms with Crippen molar-refractivity contribution in [2.45, 2.75) is 24.9 Å². The van der Waals surface area contributed by atoms with Gasteiger partial charge in [0.25, 0.3) is 0 Å². The second kappa shape index (κ2) is 2.99. The number of rotatable bonds is 1. The number of nitrogens with two attached hydrogens (primary N) is 1. The molecule has 2 unspecified atom stereocenters. The Hall–Kier alpha value is -1.10. The molecule has 0 aromatic rings. The quantitative estimate of drug-likeness (QED) is 0.482. The molecule has 0 spiro atoms. The molecular formula is C8H13N3O2. The number of piperidine rings is 1. The molecule has 0 bridgehead atoms. The van der Waals surface area contributed by atoms with Gasteiger partial charge in [-0.3, -0.25) is 9.59 Å². The second-order valence-corrected chi connectivity index (χ2v) is 3.59. The highest BCUT2D eigenvalue weighted by atomic mass is 16.2. The zero-order valence-electron chi connectivity index (χ0n) is 7.32. The van der Waals surface area contributed by atoms with Crippen LogP contribution in [-0.2, 0) is 9.59 Å². The van der Waals surface area contributed by atoms with Crippen LogP contribution in [0.5, 0.6) is 0 Å². The molecule has 3 N–H and O–H groups in total. The lowest BCUT2D eigenvalue weighted by molar-refractivity contribution is -0.147. The first-order valence-electron chi connectivity index (χ1n) is 4.51. The minimum absolute atomic E-state index is 0.0150. The third kappa shape index (κ3) is 1.39. The van der Waals surface area contributed by atoms with Crippen molar-refractivity contribution >= 4 is 11.8 Å². The molecule has 2 aliphatic rings. The van der Waals surface area contributed by atoms with Gasteiger partial charge in [-0.2, -0.15) is 0 Å². The van der Waals surface area contributed by atoms with E-state index < -0.39 is 0 Å². The number of amides is 2. The summed E-state index contributed by atoms with van der Waals surface area (Å²) in [6.07, 6.45) is 1.29. The van der Waals surface area contributed by atoms with E-state index in [0.717, 1.165) is 6.42 Å². The SMILES string of the molecule is NC1CN(C2CCC(=O)NC2)C1=O. The fourth-order valence-electron chi connectivity index (χ4n) is 1.80. The first kappa shape index (κ1) is 8.50. The van der Waals surface area contributed by atoms with Crippen molar-refractivity contribution in [3.05, 3.63) is 0 Å². The smallest absolute Gasteiger partial charge is 0.241 e. The summed E-state index contributed by atoms with van der Waals surface area (Å²) < 4.78 is 0. The summed E-state index contributed by atoms with van der Waals surface area (Å²) in [5, 5.41) is 2.74. The highest BCUT2D eigenvalue weighted by Crippen LogP contribution is 2.18. The lowest BCUT2D eigenvalue weighted by Gasteiger charge is -2.43. The van der Waals surface area contributed by atoms with Crippen molar-refractivity contribution in [3.63, 3.8) is 0 Å². The summed E-state index contributed by atoms with van der Waals surface area (Å²) >= 11 is 0. The zero-order valence-corrected chi connectivity index (χ0v) is 7.32. The number of nitrogens with zero attached hydrogens (tertiary/aromatic N) is 1. The van der Waals surface area contributed by atoms with E-state index in [1.54, 1.807) is 4.90 Å². The Morgan fingerprint density at radius 3 is 2.69 bits per heavy atom. The van der Waals surface area contributed by atoms with Gasteiger partial charge >= 0.3 is 0 Å². The maximum Gasteiger partial charge on any atom is 0.241 e. The maximum atomic E-state index is 11.2. The molecule has 2 amide bonds. The Balaban J connectivity index is 1.89. The summed E-state index contributed by atoms with van der Waals surface area (Å²) in [6, 6.07) is -0.136. The molecule has 0 saturated carbocycles. The van der Waals surface area contributed by atoms with E-state index in [9.17, 15) is 9.59 Å². The van der Waals surface area contributed by atoms with Crippen LogP contribution in [0.4, 0.5) is 0 Å². The fraction of sp³-hybridized carbons (Fsp3) is 0.750. The van der Waals surface area contributed by atoms with Crippen LogP contribution in [0.1, 0.15) is 12.8 Å². The Labute approximate surface area is 76.3 Å². The summed E-state index contributed by atoms with van der Waals surface area (Å²) in [4.78, 5) is 23.8. The number of carbonyl (C=O) groups excluding carboxylic acids is 2. The largest absolute Gasteiger partial charge is 0.354 e. The highest BCUT2D eigenvalue weighted by Gasteiger charge is 2.39. The molecule has 72 valence electrons. The van der Waals surface area contributed by atoms with Crippen molar-refractivity contribution in [1.29, 1.82) is 0 Å². The minimum Gasteiger partial charge on any atom is -0.354 e. The molecule has 2 rings (SSSR count). The average molecular weight is 183 g/mol. The van der Waals surface area contributed by atoms with Crippen LogP contribution in [0.3, 0.4) is 0 Å². The lowest BCUT2D eigenvalue weighted by atomic mass is 9.99. The van der Waals surface area contributed by atoms with E-state index >= 15 is 0 Å². The van der Waals surface area contributed by atoms with Gasteiger partial charge in [-0.25, -0.2) is 0 Å². The van der Waals surface area contributed by atoms with Gasteiger partial charge in [0, 0.05) is 25.6 Å². The van der Waals surface area contributed by atoms with Crippen LogP contribution in [0.2, 0.25) is 0 Å². The van der Waals surface area contributed by atoms with E-state index in [-0.39, 0.29) is 23.9 Å². The third-order valence-corrected chi connectivity index (χ3v) is 2.67. The van der Waals surface area contributed by atoms with Crippen molar-refractivity contribution < 1.29 is 9.59 Å². The first-order chi connectivity index (χ1) is 6.18. The Bertz CT molecular complexity index is 244. The number of carbonyl (C=O) groups is 2. The van der Waals surface area contributed by atoms with E-state index in [1.807, 2.05) is 0 Å². The molecule has 0 aromatic carbocycles. The average Bonchev–Trinajstić information content (AvgIpc) is 2.15. The van der Waals surface area contributed by atoms with Gasteiger partial charge in [-0.1, -0.05) is 0 Å². The number of nitrogens with one attached hydrogen (secondary N) is 1. The Morgan fingerprint density at radius 2 is 2.23 bits per heavy atom. The van der Waals surface area contributed by atoms with Gasteiger partial charge in [-0.15, -0.1) is 0 Å². The van der Waals surface area contributed by atoms with E-state index in [1.165, 1.54) is 0 Å². The van der Waals surface area contributed by atoms with Gasteiger partial charge in [0.2, 0.25) is 11.8 Å². The summed E-state index contributed by atoms with van der Waals surface area (Å²) in [6.45, 7) is 1.22. The predicted molar refractivity (Wildman–Crippen MR) is 45.7 cm³/mol. The zero-order chi connectivity index (χ0) is 9.42. The molecule has 2 aliphatic heterocycles. The first-order valence-corrected chi connectivity index (χ1v) is 4.51. The standard InChI is InChI=1S/C8H13N3O2/c9-6-4-11(8(6)13)5-1-2-7(12)10-3-5/h5-6H,1-4,9H2,(H,10,12). The second-order valence-electron chi connectivity index (χ2n) is 3.59. The molecule has 2 fully saturated rings. The monoisotopic (exact) mass is 183 g/mol. The molecule has 0 aromatic heterocycles. The van der Waals surface area contributed by atoms with Crippen LogP contribution in [0, 0.1) is 0 Å². The van der Waals surface area contributed by atoms with Gasteiger partial charge in [0.15, 0.2) is 0 Å². The molecule has 2 heterocycles. The summed E-state index contributed by atoms with van der Waals surface area (Å²) in [5.41, 5.74) is 5.47. The van der Waals surface area contributed by atoms with E-state index in [0.29, 0.717) is 19.5 Å². The fourth-order valence-corrected chi connectivity index (χ4v) is 1.80. The van der Waals surface area contributed by atoms with Crippen molar-refractivity contribution in [1.82, 2.24) is 10.2 Å². The summed E-state index contributed by atoms with van der Waals surface area (Å²) in [5.74, 6) is 0.0923. The number of hydrogen-bond donors (Lipinski definition) is 2. The molecule has 2 saturated heterocycles. The molecule has 0 radical (unpaired) electrons. The Morgan fingerprint density at radius 1 is 1.46 bits per heavy atom. The topological polar surface area (TPSA) is 75.4 Å². The molecule has 5 heteroatoms. The number of hydrogen-bond acceptors (Lipinski definition) is 3. The lowest BCUT2D eigenvalue weighted by Crippen LogP contribution is -2.66. The van der Waals surface area contributed by atoms with E-state index in [4.69, 9.17) is 5.73 Å². The van der Waals surface area contributed by atoms with Gasteiger partial charge in [0.05, 0.1) is 0 Å². The Kier molecular flexibility index (Phi) is 1.95. The van der Waals surface area contributed by atoms with Gasteiger partial charge in [-0.05, 0) is 6.42 Å². The molecule has 5 nitrogen and oxygen atoms in total. The number of β-lactam (4-membered cyclic amide) rings is 1. The van der Waals surface area contributed by atoms with Crippen molar-refractivity contribution in [2.75, 3.05) is 13.1 Å². The maximum absolute atomic E-state index is 11.2. The number of likely N-dealkylation sites (tertiary alicyclic amines) is 1. The van der Waals surface area contributed by atoms with Crippen molar-refractivity contribution in [3.8, 4) is 0 Å². The van der Waals surface area contributed by atoms with E-state index in [2.05, 4.69) is 5.32 Å². The molecule has 0 aliphatic carbocycles. The molecule has 13 heavy (non-hydrogen) atoms. The van der Waals surface area contributed by atoms with Crippen LogP contribution < -0.4 is 11.1 Å². The van der Waals surface area contributed by atoms with Crippen LogP contribution >= 0.6 is 0 Å². The van der Waals surface area contributed by atoms with Gasteiger partial charge in [0.1, 0.15) is 6.04 Å². The summed E-state index contributed by atoms with van der Waals surface area (Å²) in [7, 11) is 0. The van der Waals surface area contributed by atoms with Crippen LogP contribution in [0.25, 0.3) is 0 Å². The minimum atomic E-state index is -0.308. The van der Waals surface area contributed by atoms with Crippen LogP contribution in [0.15, 0.2) is 0 Å². The normalized spacial score (nSPS) is 34.1. The third-order valence-electron chi connectivity index (χ3n) is 2.67. The predicted octanol–water partition coefficient (Wildman–Crippen LogP) is -1.57. The highest BCUT2D eigenvalue weighted by molar-refractivity contribution is 5.88. The van der Waals surface area contributed by atoms with Crippen LogP contribution in [-0.4, -0.2) is 41.9 Å².